The van der Waals surface area contributed by atoms with E-state index in [4.69, 9.17) is 10.5 Å². The van der Waals surface area contributed by atoms with Gasteiger partial charge in [0.15, 0.2) is 6.73 Å². The summed E-state index contributed by atoms with van der Waals surface area (Å²) in [6, 6.07) is 9.23. The van der Waals surface area contributed by atoms with Gasteiger partial charge < -0.3 is 10.5 Å². The molecular formula is C15H17BrN2O3. The molecule has 0 unspecified atom stereocenters. The van der Waals surface area contributed by atoms with Gasteiger partial charge in [0, 0.05) is 0 Å². The molecule has 1 aromatic carbocycles. The molecule has 0 aliphatic carbocycles. The molecule has 1 heterocycles. The van der Waals surface area contributed by atoms with Gasteiger partial charge >= 0.3 is 0 Å². The molecule has 0 radical (unpaired) electrons. The van der Waals surface area contributed by atoms with Crippen molar-refractivity contribution in [2.24, 2.45) is 5.73 Å². The normalized spacial score (nSPS) is 16.0. The number of ether oxygens (including phenoxy) is 1. The van der Waals surface area contributed by atoms with Gasteiger partial charge in [-0.15, -0.1) is 0 Å². The van der Waals surface area contributed by atoms with Crippen LogP contribution in [0.4, 0.5) is 0 Å². The Labute approximate surface area is 131 Å². The van der Waals surface area contributed by atoms with Crippen molar-refractivity contribution < 1.29 is 14.3 Å². The van der Waals surface area contributed by atoms with Crippen molar-refractivity contribution >= 4 is 33.3 Å². The maximum atomic E-state index is 12.8. The van der Waals surface area contributed by atoms with Gasteiger partial charge in [-0.25, -0.2) is 0 Å². The van der Waals surface area contributed by atoms with Crippen LogP contribution in [-0.2, 0) is 14.3 Å². The molecule has 0 saturated carbocycles. The number of benzene rings is 1. The van der Waals surface area contributed by atoms with Crippen LogP contribution >= 0.6 is 15.9 Å². The zero-order chi connectivity index (χ0) is 15.6. The minimum Gasteiger partial charge on any atom is -0.476 e. The monoisotopic (exact) mass is 352 g/mol. The molecule has 0 atom stereocenters. The van der Waals surface area contributed by atoms with Crippen molar-refractivity contribution in [1.29, 1.82) is 0 Å². The smallest absolute Gasteiger partial charge is 0.261 e. The highest BCUT2D eigenvalue weighted by Gasteiger charge is 2.41. The highest BCUT2D eigenvalue weighted by Crippen LogP contribution is 2.31. The summed E-state index contributed by atoms with van der Waals surface area (Å²) in [5, 5.41) is 0.424. The molecular weight excluding hydrogens is 336 g/mol. The lowest BCUT2D eigenvalue weighted by Crippen LogP contribution is -2.57. The highest BCUT2D eigenvalue weighted by atomic mass is 79.9. The van der Waals surface area contributed by atoms with Gasteiger partial charge in [0.05, 0.1) is 10.9 Å². The SMILES string of the molecule is CC(C)(C(N)=O)N1COC(CBr)=C(c2ccccc2)C1=O. The van der Waals surface area contributed by atoms with Gasteiger partial charge in [0.25, 0.3) is 5.91 Å². The molecule has 6 heteroatoms. The first-order valence-electron chi connectivity index (χ1n) is 6.48. The lowest BCUT2D eigenvalue weighted by atomic mass is 9.97. The second-order valence-corrected chi connectivity index (χ2v) is 5.79. The number of carbonyl (C=O) groups excluding carboxylic acids is 2. The van der Waals surface area contributed by atoms with Crippen LogP contribution in [-0.4, -0.2) is 34.3 Å². The average Bonchev–Trinajstić information content (AvgIpc) is 2.47. The molecule has 112 valence electrons. The Bertz CT molecular complexity index is 596. The number of halogens is 1. The van der Waals surface area contributed by atoms with Gasteiger partial charge in [0.2, 0.25) is 5.91 Å². The third-order valence-electron chi connectivity index (χ3n) is 3.57. The van der Waals surface area contributed by atoms with Crippen LogP contribution in [0, 0.1) is 0 Å². The summed E-state index contributed by atoms with van der Waals surface area (Å²) < 4.78 is 5.64. The Kier molecular flexibility index (Phi) is 4.37. The molecule has 2 amide bonds. The molecule has 0 aromatic heterocycles. The standard InChI is InChI=1S/C15H17BrN2O3/c1-15(2,14(17)20)18-9-21-11(8-16)12(13(18)19)10-6-4-3-5-7-10/h3-7H,8-9H2,1-2H3,(H2,17,20). The molecule has 0 spiro atoms. The molecule has 2 N–H and O–H groups in total. The molecule has 21 heavy (non-hydrogen) atoms. The van der Waals surface area contributed by atoms with E-state index >= 15 is 0 Å². The second kappa shape index (κ2) is 5.89. The van der Waals surface area contributed by atoms with Crippen LogP contribution in [0.2, 0.25) is 0 Å². The van der Waals surface area contributed by atoms with Crippen molar-refractivity contribution in [2.45, 2.75) is 19.4 Å². The number of rotatable bonds is 4. The van der Waals surface area contributed by atoms with E-state index < -0.39 is 11.4 Å². The summed E-state index contributed by atoms with van der Waals surface area (Å²) in [6.45, 7) is 3.22. The molecule has 5 nitrogen and oxygen atoms in total. The van der Waals surface area contributed by atoms with E-state index in [0.717, 1.165) is 5.56 Å². The molecule has 1 aliphatic rings. The Morgan fingerprint density at radius 1 is 1.38 bits per heavy atom. The lowest BCUT2D eigenvalue weighted by molar-refractivity contribution is -0.147. The van der Waals surface area contributed by atoms with Crippen molar-refractivity contribution in [2.75, 3.05) is 12.1 Å². The number of carbonyl (C=O) groups is 2. The second-order valence-electron chi connectivity index (χ2n) is 5.23. The van der Waals surface area contributed by atoms with Crippen molar-refractivity contribution in [3.05, 3.63) is 41.7 Å². The Hall–Kier alpha value is -1.82. The minimum atomic E-state index is -1.12. The quantitative estimate of drug-likeness (QED) is 0.840. The van der Waals surface area contributed by atoms with E-state index in [9.17, 15) is 9.59 Å². The fourth-order valence-electron chi connectivity index (χ4n) is 2.07. The number of nitrogens with zero attached hydrogens (tertiary/aromatic N) is 1. The molecule has 0 saturated heterocycles. The van der Waals surface area contributed by atoms with Crippen LogP contribution < -0.4 is 5.73 Å². The topological polar surface area (TPSA) is 72.6 Å². The third-order valence-corrected chi connectivity index (χ3v) is 4.08. The van der Waals surface area contributed by atoms with Gasteiger partial charge in [-0.2, -0.15) is 0 Å². The number of primary amides is 1. The van der Waals surface area contributed by atoms with Crippen LogP contribution in [0.15, 0.2) is 36.1 Å². The van der Waals surface area contributed by atoms with E-state index in [0.29, 0.717) is 16.7 Å². The van der Waals surface area contributed by atoms with Gasteiger partial charge in [-0.3, -0.25) is 14.5 Å². The molecule has 2 rings (SSSR count). The highest BCUT2D eigenvalue weighted by molar-refractivity contribution is 9.09. The Morgan fingerprint density at radius 3 is 2.52 bits per heavy atom. The fourth-order valence-corrected chi connectivity index (χ4v) is 2.51. The Balaban J connectivity index is 2.48. The van der Waals surface area contributed by atoms with Crippen LogP contribution in [0.3, 0.4) is 0 Å². The fraction of sp³-hybridized carbons (Fsp3) is 0.333. The third kappa shape index (κ3) is 2.81. The van der Waals surface area contributed by atoms with Crippen molar-refractivity contribution in [3.63, 3.8) is 0 Å². The zero-order valence-corrected chi connectivity index (χ0v) is 13.5. The number of hydrogen-bond donors (Lipinski definition) is 1. The van der Waals surface area contributed by atoms with Gasteiger partial charge in [-0.05, 0) is 19.4 Å². The largest absolute Gasteiger partial charge is 0.476 e. The summed E-state index contributed by atoms with van der Waals surface area (Å²) in [5.41, 5.74) is 5.49. The van der Waals surface area contributed by atoms with E-state index in [1.807, 2.05) is 30.3 Å². The van der Waals surface area contributed by atoms with Crippen LogP contribution in [0.25, 0.3) is 5.57 Å². The molecule has 1 aliphatic heterocycles. The lowest BCUT2D eigenvalue weighted by Gasteiger charge is -2.39. The minimum absolute atomic E-state index is 0.00599. The Morgan fingerprint density at radius 2 is 2.00 bits per heavy atom. The van der Waals surface area contributed by atoms with E-state index in [1.54, 1.807) is 13.8 Å². The van der Waals surface area contributed by atoms with E-state index in [2.05, 4.69) is 15.9 Å². The van der Waals surface area contributed by atoms with Crippen molar-refractivity contribution in [1.82, 2.24) is 4.90 Å². The van der Waals surface area contributed by atoms with Crippen molar-refractivity contribution in [3.8, 4) is 0 Å². The predicted octanol–water partition coefficient (Wildman–Crippen LogP) is 1.87. The van der Waals surface area contributed by atoms with E-state index in [1.165, 1.54) is 4.90 Å². The first-order chi connectivity index (χ1) is 9.89. The van der Waals surface area contributed by atoms with Gasteiger partial charge in [-0.1, -0.05) is 46.3 Å². The number of alkyl halides is 1. The maximum absolute atomic E-state index is 12.8. The molecule has 0 fully saturated rings. The van der Waals surface area contributed by atoms with Crippen LogP contribution in [0.5, 0.6) is 0 Å². The number of hydrogen-bond acceptors (Lipinski definition) is 3. The summed E-state index contributed by atoms with van der Waals surface area (Å²) in [7, 11) is 0. The first kappa shape index (κ1) is 15.6. The zero-order valence-electron chi connectivity index (χ0n) is 11.9. The summed E-state index contributed by atoms with van der Waals surface area (Å²) in [6.07, 6.45) is 0. The number of nitrogens with two attached hydrogens (primary N) is 1. The predicted molar refractivity (Wildman–Crippen MR) is 83.2 cm³/mol. The summed E-state index contributed by atoms with van der Waals surface area (Å²) in [5.74, 6) is -0.275. The average molecular weight is 353 g/mol. The molecule has 1 aromatic rings. The molecule has 0 bridgehead atoms. The maximum Gasteiger partial charge on any atom is 0.261 e. The summed E-state index contributed by atoms with van der Waals surface area (Å²) >= 11 is 3.33. The summed E-state index contributed by atoms with van der Waals surface area (Å²) in [4.78, 5) is 25.8. The first-order valence-corrected chi connectivity index (χ1v) is 7.61. The van der Waals surface area contributed by atoms with Gasteiger partial charge in [0.1, 0.15) is 11.3 Å². The number of amides is 2. The van der Waals surface area contributed by atoms with E-state index in [-0.39, 0.29) is 12.6 Å². The van der Waals surface area contributed by atoms with Crippen LogP contribution in [0.1, 0.15) is 19.4 Å². The number of allylic oxidation sites excluding steroid dienone is 1.